The van der Waals surface area contributed by atoms with Crippen LogP contribution in [-0.4, -0.2) is 28.9 Å². The van der Waals surface area contributed by atoms with Crippen molar-refractivity contribution in [3.05, 3.63) is 22.0 Å². The fourth-order valence-electron chi connectivity index (χ4n) is 0.374. The van der Waals surface area contributed by atoms with Crippen LogP contribution in [0.3, 0.4) is 0 Å². The van der Waals surface area contributed by atoms with Crippen molar-refractivity contribution in [1.82, 2.24) is 0 Å². The highest BCUT2D eigenvalue weighted by molar-refractivity contribution is 5.71. The Morgan fingerprint density at radius 3 is 2.92 bits per heavy atom. The topological polar surface area (TPSA) is 102 Å². The first-order chi connectivity index (χ1) is 5.57. The molecule has 0 unspecified atom stereocenters. The zero-order valence-corrected chi connectivity index (χ0v) is 6.67. The molecule has 1 atom stereocenters. The quantitative estimate of drug-likeness (QED) is 0.340. The molecule has 0 aromatic rings. The second-order valence-electron chi connectivity index (χ2n) is 2.18. The Bertz CT molecular complexity index is 212. The first-order valence-corrected chi connectivity index (χ1v) is 3.32. The highest BCUT2D eigenvalue weighted by Crippen LogP contribution is 1.86. The molecular weight excluding hydrogens is 162 g/mol. The van der Waals surface area contributed by atoms with Crippen molar-refractivity contribution in [2.24, 2.45) is 10.7 Å². The van der Waals surface area contributed by atoms with E-state index in [-0.39, 0.29) is 12.6 Å². The van der Waals surface area contributed by atoms with Crippen LogP contribution in [0.5, 0.6) is 0 Å². The lowest BCUT2D eigenvalue weighted by atomic mass is 10.4. The van der Waals surface area contributed by atoms with E-state index in [4.69, 9.17) is 10.8 Å². The lowest BCUT2D eigenvalue weighted by molar-refractivity contribution is -0.426. The first-order valence-electron chi connectivity index (χ1n) is 3.32. The highest BCUT2D eigenvalue weighted by atomic mass is 16.6. The summed E-state index contributed by atoms with van der Waals surface area (Å²) in [4.78, 5) is 13.0. The molecule has 0 saturated carbocycles. The van der Waals surface area contributed by atoms with Gasteiger partial charge < -0.3 is 15.2 Å². The van der Waals surface area contributed by atoms with Crippen molar-refractivity contribution < 1.29 is 10.0 Å². The van der Waals surface area contributed by atoms with E-state index in [9.17, 15) is 10.1 Å². The van der Waals surface area contributed by atoms with Crippen LogP contribution >= 0.6 is 0 Å². The smallest absolute Gasteiger partial charge is 0.315 e. The van der Waals surface area contributed by atoms with Gasteiger partial charge in [-0.15, -0.1) is 0 Å². The Labute approximate surface area is 69.6 Å². The van der Waals surface area contributed by atoms with Crippen molar-refractivity contribution in [3.8, 4) is 0 Å². The molecule has 0 saturated heterocycles. The molecule has 0 spiro atoms. The molecule has 68 valence electrons. The molecule has 6 heteroatoms. The van der Waals surface area contributed by atoms with Crippen molar-refractivity contribution >= 4 is 6.21 Å². The average molecular weight is 173 g/mol. The van der Waals surface area contributed by atoms with Crippen molar-refractivity contribution in [3.63, 3.8) is 0 Å². The molecule has 6 nitrogen and oxygen atoms in total. The number of nitrogens with zero attached hydrogens (tertiary/aromatic N) is 2. The molecule has 0 aliphatic rings. The van der Waals surface area contributed by atoms with Gasteiger partial charge in [-0.05, 0) is 11.8 Å². The van der Waals surface area contributed by atoms with Gasteiger partial charge in [0.15, 0.2) is 0 Å². The van der Waals surface area contributed by atoms with Crippen LogP contribution in [0, 0.1) is 10.1 Å². The summed E-state index contributed by atoms with van der Waals surface area (Å²) in [5.74, 6) is -0.469. The van der Waals surface area contributed by atoms with Gasteiger partial charge in [-0.3, -0.25) is 10.7 Å². The summed E-state index contributed by atoms with van der Waals surface area (Å²) in [6.07, 6.45) is 2.28. The summed E-state index contributed by atoms with van der Waals surface area (Å²) >= 11 is 0. The fraction of sp³-hybridized carbons (Fsp3) is 0.500. The third kappa shape index (κ3) is 4.40. The average Bonchev–Trinajstić information content (AvgIpc) is 2.03. The van der Waals surface area contributed by atoms with Crippen molar-refractivity contribution in [2.45, 2.75) is 13.0 Å². The largest absolute Gasteiger partial charge is 0.394 e. The van der Waals surface area contributed by atoms with E-state index in [1.165, 1.54) is 6.21 Å². The Hall–Kier alpha value is -1.43. The van der Waals surface area contributed by atoms with E-state index in [1.807, 2.05) is 0 Å². The van der Waals surface area contributed by atoms with Gasteiger partial charge in [0.25, 0.3) is 0 Å². The van der Waals surface area contributed by atoms with Crippen LogP contribution in [0.2, 0.25) is 0 Å². The number of aliphatic imine (C=N–C) groups is 1. The lowest BCUT2D eigenvalue weighted by Gasteiger charge is -1.96. The van der Waals surface area contributed by atoms with E-state index in [0.29, 0.717) is 0 Å². The summed E-state index contributed by atoms with van der Waals surface area (Å²) in [6, 6.07) is -0.263. The van der Waals surface area contributed by atoms with E-state index in [0.717, 1.165) is 6.08 Å². The molecule has 0 amide bonds. The van der Waals surface area contributed by atoms with Crippen molar-refractivity contribution in [2.75, 3.05) is 6.61 Å². The number of hydrogen-bond donors (Lipinski definition) is 2. The second kappa shape index (κ2) is 5.25. The number of allylic oxidation sites excluding steroid dienone is 1. The number of hydrogen-bond acceptors (Lipinski definition) is 5. The minimum Gasteiger partial charge on any atom is -0.394 e. The molecule has 0 aliphatic carbocycles. The Morgan fingerprint density at radius 2 is 2.50 bits per heavy atom. The predicted octanol–water partition coefficient (Wildman–Crippen LogP) is -0.485. The van der Waals surface area contributed by atoms with E-state index < -0.39 is 10.7 Å². The minimum atomic E-state index is -0.713. The molecule has 3 N–H and O–H groups in total. The molecule has 0 rings (SSSR count). The van der Waals surface area contributed by atoms with Crippen LogP contribution in [-0.2, 0) is 0 Å². The number of nitro groups is 1. The van der Waals surface area contributed by atoms with E-state index in [1.54, 1.807) is 6.92 Å². The summed E-state index contributed by atoms with van der Waals surface area (Å²) < 4.78 is 0. The normalized spacial score (nSPS) is 15.0. The van der Waals surface area contributed by atoms with E-state index >= 15 is 0 Å². The third-order valence-corrected chi connectivity index (χ3v) is 1.06. The van der Waals surface area contributed by atoms with Gasteiger partial charge >= 0.3 is 5.82 Å². The Morgan fingerprint density at radius 1 is 1.92 bits per heavy atom. The molecule has 0 heterocycles. The summed E-state index contributed by atoms with van der Waals surface area (Å²) in [5.41, 5.74) is 4.95. The van der Waals surface area contributed by atoms with Gasteiger partial charge in [0, 0.05) is 12.3 Å². The van der Waals surface area contributed by atoms with Gasteiger partial charge in [0.2, 0.25) is 0 Å². The zero-order chi connectivity index (χ0) is 9.56. The lowest BCUT2D eigenvalue weighted by Crippen LogP contribution is -2.09. The Balaban J connectivity index is 4.03. The monoisotopic (exact) mass is 173 g/mol. The number of aliphatic hydroxyl groups is 1. The SMILES string of the molecule is C[C@H](CO)N=CC=C(N)[N+](=O)[O-]. The van der Waals surface area contributed by atoms with Gasteiger partial charge in [0.1, 0.15) is 0 Å². The Kier molecular flexibility index (Phi) is 4.62. The maximum Gasteiger partial charge on any atom is 0.315 e. The zero-order valence-electron chi connectivity index (χ0n) is 6.67. The standard InChI is InChI=1S/C6H11N3O3/c1-5(4-10)8-3-2-6(7)9(11)12/h2-3,5,10H,4,7H2,1H3/t5-/m1/s1. The fourth-order valence-corrected chi connectivity index (χ4v) is 0.374. The maximum absolute atomic E-state index is 9.95. The molecule has 0 radical (unpaired) electrons. The molecule has 0 aliphatic heterocycles. The van der Waals surface area contributed by atoms with Gasteiger partial charge in [-0.25, -0.2) is 0 Å². The van der Waals surface area contributed by atoms with E-state index in [2.05, 4.69) is 4.99 Å². The minimum absolute atomic E-state index is 0.0945. The molecule has 12 heavy (non-hydrogen) atoms. The molecular formula is C6H11N3O3. The number of rotatable bonds is 4. The van der Waals surface area contributed by atoms with Crippen LogP contribution in [0.25, 0.3) is 0 Å². The van der Waals surface area contributed by atoms with Crippen LogP contribution in [0.1, 0.15) is 6.92 Å². The van der Waals surface area contributed by atoms with Gasteiger partial charge in [0.05, 0.1) is 12.6 Å². The number of nitrogens with two attached hydrogens (primary N) is 1. The highest BCUT2D eigenvalue weighted by Gasteiger charge is 1.96. The van der Waals surface area contributed by atoms with Crippen LogP contribution in [0.4, 0.5) is 0 Å². The van der Waals surface area contributed by atoms with Crippen molar-refractivity contribution in [1.29, 1.82) is 0 Å². The molecule has 0 aromatic carbocycles. The number of aliphatic hydroxyl groups excluding tert-OH is 1. The molecule has 0 aromatic heterocycles. The molecule has 0 bridgehead atoms. The third-order valence-electron chi connectivity index (χ3n) is 1.06. The van der Waals surface area contributed by atoms with Gasteiger partial charge in [-0.1, -0.05) is 0 Å². The van der Waals surface area contributed by atoms with Crippen LogP contribution in [0.15, 0.2) is 16.9 Å². The summed E-state index contributed by atoms with van der Waals surface area (Å²) in [5, 5.41) is 18.5. The molecule has 0 fully saturated rings. The predicted molar refractivity (Wildman–Crippen MR) is 44.3 cm³/mol. The second-order valence-corrected chi connectivity index (χ2v) is 2.18. The maximum atomic E-state index is 9.95. The van der Waals surface area contributed by atoms with Gasteiger partial charge in [-0.2, -0.15) is 0 Å². The summed E-state index contributed by atoms with van der Waals surface area (Å²) in [7, 11) is 0. The summed E-state index contributed by atoms with van der Waals surface area (Å²) in [6.45, 7) is 1.58. The first kappa shape index (κ1) is 10.6. The van der Waals surface area contributed by atoms with Crippen LogP contribution < -0.4 is 5.73 Å².